The first-order valence-electron chi connectivity index (χ1n) is 9.25. The van der Waals surface area contributed by atoms with Gasteiger partial charge in [0.2, 0.25) is 17.7 Å². The van der Waals surface area contributed by atoms with E-state index >= 15 is 0 Å². The fourth-order valence-corrected chi connectivity index (χ4v) is 3.17. The number of nitrogens with zero attached hydrogens (tertiary/aromatic N) is 1. The molecule has 0 bridgehead atoms. The lowest BCUT2D eigenvalue weighted by molar-refractivity contribution is -0.135. The molecule has 6 heteroatoms. The van der Waals surface area contributed by atoms with Crippen molar-refractivity contribution >= 4 is 23.4 Å². The first-order valence-corrected chi connectivity index (χ1v) is 9.25. The van der Waals surface area contributed by atoms with Crippen LogP contribution in [0.3, 0.4) is 0 Å². The molecule has 1 aliphatic carbocycles. The fraction of sp³-hybridized carbons (Fsp3) is 0.550. The molecule has 3 amide bonds. The van der Waals surface area contributed by atoms with Gasteiger partial charge in [0.25, 0.3) is 0 Å². The monoisotopic (exact) mass is 359 g/mol. The van der Waals surface area contributed by atoms with Crippen molar-refractivity contribution in [3.63, 3.8) is 0 Å². The van der Waals surface area contributed by atoms with E-state index in [9.17, 15) is 14.4 Å². The second-order valence-corrected chi connectivity index (χ2v) is 7.17. The third-order valence-corrected chi connectivity index (χ3v) is 4.86. The molecule has 0 aromatic heterocycles. The van der Waals surface area contributed by atoms with Crippen LogP contribution in [0.15, 0.2) is 18.2 Å². The first-order chi connectivity index (χ1) is 12.4. The maximum atomic E-state index is 12.2. The Balaban J connectivity index is 1.77. The molecule has 0 atom stereocenters. The number of carbonyl (C=O) groups excluding carboxylic acids is 3. The highest BCUT2D eigenvalue weighted by Crippen LogP contribution is 2.23. The first kappa shape index (κ1) is 19.9. The van der Waals surface area contributed by atoms with E-state index in [0.717, 1.165) is 42.5 Å². The van der Waals surface area contributed by atoms with Crippen LogP contribution in [0.25, 0.3) is 0 Å². The van der Waals surface area contributed by atoms with Crippen LogP contribution < -0.4 is 10.6 Å². The van der Waals surface area contributed by atoms with Crippen molar-refractivity contribution < 1.29 is 14.4 Å². The van der Waals surface area contributed by atoms with Gasteiger partial charge in [-0.2, -0.15) is 0 Å². The van der Waals surface area contributed by atoms with Gasteiger partial charge in [-0.25, -0.2) is 0 Å². The molecule has 0 radical (unpaired) electrons. The van der Waals surface area contributed by atoms with Crippen molar-refractivity contribution in [2.75, 3.05) is 25.5 Å². The number of aryl methyl sites for hydroxylation is 2. The zero-order valence-corrected chi connectivity index (χ0v) is 15.9. The minimum atomic E-state index is -0.273. The number of anilines is 1. The summed E-state index contributed by atoms with van der Waals surface area (Å²) < 4.78 is 0. The molecule has 2 N–H and O–H groups in total. The Labute approximate surface area is 155 Å². The lowest BCUT2D eigenvalue weighted by Crippen LogP contribution is -2.43. The number of hydrogen-bond acceptors (Lipinski definition) is 3. The van der Waals surface area contributed by atoms with Crippen LogP contribution >= 0.6 is 0 Å². The fourth-order valence-electron chi connectivity index (χ4n) is 3.17. The van der Waals surface area contributed by atoms with Gasteiger partial charge in [0, 0.05) is 18.7 Å². The second kappa shape index (κ2) is 9.36. The molecule has 1 fully saturated rings. The maximum absolute atomic E-state index is 12.2. The number of amides is 3. The second-order valence-electron chi connectivity index (χ2n) is 7.17. The average molecular weight is 359 g/mol. The Bertz CT molecular complexity index is 666. The van der Waals surface area contributed by atoms with Gasteiger partial charge in [-0.1, -0.05) is 31.4 Å². The Morgan fingerprint density at radius 1 is 1.12 bits per heavy atom. The van der Waals surface area contributed by atoms with E-state index < -0.39 is 0 Å². The van der Waals surface area contributed by atoms with Crippen molar-refractivity contribution in [2.45, 2.75) is 46.0 Å². The number of carbonyl (C=O) groups is 3. The number of rotatable bonds is 6. The molecule has 0 heterocycles. The average Bonchev–Trinajstić information content (AvgIpc) is 2.63. The van der Waals surface area contributed by atoms with Gasteiger partial charge in [-0.3, -0.25) is 14.4 Å². The highest BCUT2D eigenvalue weighted by molar-refractivity contribution is 5.95. The molecule has 0 saturated heterocycles. The number of nitrogens with one attached hydrogen (secondary N) is 2. The Hall–Kier alpha value is -2.37. The van der Waals surface area contributed by atoms with Gasteiger partial charge in [0.1, 0.15) is 0 Å². The van der Waals surface area contributed by atoms with Crippen LogP contribution in [0.4, 0.5) is 5.69 Å². The molecule has 1 aromatic carbocycles. The topological polar surface area (TPSA) is 78.5 Å². The lowest BCUT2D eigenvalue weighted by Gasteiger charge is -2.22. The molecule has 6 nitrogen and oxygen atoms in total. The Morgan fingerprint density at radius 3 is 2.50 bits per heavy atom. The van der Waals surface area contributed by atoms with E-state index in [2.05, 4.69) is 10.6 Å². The van der Waals surface area contributed by atoms with Crippen molar-refractivity contribution in [3.8, 4) is 0 Å². The van der Waals surface area contributed by atoms with E-state index in [1.54, 1.807) is 7.05 Å². The van der Waals surface area contributed by atoms with E-state index in [1.165, 1.54) is 11.3 Å². The molecule has 1 aliphatic rings. The summed E-state index contributed by atoms with van der Waals surface area (Å²) in [5, 5.41) is 5.54. The van der Waals surface area contributed by atoms with E-state index in [4.69, 9.17) is 0 Å². The molecular formula is C20H29N3O3. The van der Waals surface area contributed by atoms with Gasteiger partial charge in [0.05, 0.1) is 13.1 Å². The highest BCUT2D eigenvalue weighted by atomic mass is 16.2. The summed E-state index contributed by atoms with van der Waals surface area (Å²) in [5.41, 5.74) is 2.78. The molecule has 0 unspecified atom stereocenters. The van der Waals surface area contributed by atoms with Gasteiger partial charge in [-0.15, -0.1) is 0 Å². The predicted molar refractivity (Wildman–Crippen MR) is 102 cm³/mol. The van der Waals surface area contributed by atoms with Crippen LogP contribution in [0.2, 0.25) is 0 Å². The molecular weight excluding hydrogens is 330 g/mol. The zero-order valence-electron chi connectivity index (χ0n) is 15.9. The summed E-state index contributed by atoms with van der Waals surface area (Å²) >= 11 is 0. The summed E-state index contributed by atoms with van der Waals surface area (Å²) in [4.78, 5) is 37.8. The van der Waals surface area contributed by atoms with Crippen LogP contribution in [-0.2, 0) is 14.4 Å². The lowest BCUT2D eigenvalue weighted by atomic mass is 9.89. The molecule has 2 rings (SSSR count). The van der Waals surface area contributed by atoms with Crippen molar-refractivity contribution in [1.82, 2.24) is 10.2 Å². The van der Waals surface area contributed by atoms with Crippen LogP contribution in [0.5, 0.6) is 0 Å². The quantitative estimate of drug-likeness (QED) is 0.819. The van der Waals surface area contributed by atoms with E-state index in [0.29, 0.717) is 0 Å². The van der Waals surface area contributed by atoms with Crippen LogP contribution in [0.1, 0.15) is 43.2 Å². The molecule has 0 spiro atoms. The summed E-state index contributed by atoms with van der Waals surface area (Å²) in [6.45, 7) is 3.76. The van der Waals surface area contributed by atoms with E-state index in [1.807, 2.05) is 32.0 Å². The zero-order chi connectivity index (χ0) is 19.1. The Kier molecular flexibility index (Phi) is 7.18. The van der Waals surface area contributed by atoms with Gasteiger partial charge in [0.15, 0.2) is 0 Å². The highest BCUT2D eigenvalue weighted by Gasteiger charge is 2.22. The number of benzene rings is 1. The van der Waals surface area contributed by atoms with Crippen molar-refractivity contribution in [1.29, 1.82) is 0 Å². The van der Waals surface area contributed by atoms with Crippen LogP contribution in [0, 0.1) is 19.8 Å². The minimum absolute atomic E-state index is 0.0226. The minimum Gasteiger partial charge on any atom is -0.347 e. The summed E-state index contributed by atoms with van der Waals surface area (Å²) in [7, 11) is 1.57. The number of hydrogen-bond donors (Lipinski definition) is 2. The summed E-state index contributed by atoms with van der Waals surface area (Å²) in [5.74, 6) is -0.556. The smallest absolute Gasteiger partial charge is 0.243 e. The van der Waals surface area contributed by atoms with Gasteiger partial charge >= 0.3 is 0 Å². The molecule has 1 saturated carbocycles. The molecule has 1 aromatic rings. The van der Waals surface area contributed by atoms with Gasteiger partial charge < -0.3 is 15.5 Å². The summed E-state index contributed by atoms with van der Waals surface area (Å²) in [6.07, 6.45) is 5.12. The predicted octanol–water partition coefficient (Wildman–Crippen LogP) is 2.40. The third-order valence-electron chi connectivity index (χ3n) is 4.86. The van der Waals surface area contributed by atoms with Crippen LogP contribution in [-0.4, -0.2) is 42.8 Å². The van der Waals surface area contributed by atoms with E-state index in [-0.39, 0.29) is 36.7 Å². The third kappa shape index (κ3) is 5.86. The normalized spacial score (nSPS) is 14.6. The van der Waals surface area contributed by atoms with Gasteiger partial charge in [-0.05, 0) is 43.9 Å². The summed E-state index contributed by atoms with van der Waals surface area (Å²) in [6, 6.07) is 5.83. The molecule has 26 heavy (non-hydrogen) atoms. The maximum Gasteiger partial charge on any atom is 0.243 e. The SMILES string of the molecule is Cc1ccc(C)c(NC(=O)CN(C)C(=O)CNC(=O)C2CCCCC2)c1. The molecule has 0 aliphatic heterocycles. The standard InChI is InChI=1S/C20H29N3O3/c1-14-9-10-15(2)17(11-14)22-18(24)13-23(3)19(25)12-21-20(26)16-7-5-4-6-8-16/h9-11,16H,4-8,12-13H2,1-3H3,(H,21,26)(H,22,24). The number of likely N-dealkylation sites (N-methyl/N-ethyl adjacent to an activating group) is 1. The Morgan fingerprint density at radius 2 is 1.81 bits per heavy atom. The molecule has 142 valence electrons. The largest absolute Gasteiger partial charge is 0.347 e. The van der Waals surface area contributed by atoms with Crippen molar-refractivity contribution in [2.24, 2.45) is 5.92 Å². The van der Waals surface area contributed by atoms with Crippen molar-refractivity contribution in [3.05, 3.63) is 29.3 Å².